The van der Waals surface area contributed by atoms with E-state index in [2.05, 4.69) is 10.6 Å². The van der Waals surface area contributed by atoms with Crippen LogP contribution in [0.3, 0.4) is 0 Å². The molecule has 1 atom stereocenters. The minimum absolute atomic E-state index is 0.0327. The zero-order chi connectivity index (χ0) is 36.9. The van der Waals surface area contributed by atoms with Gasteiger partial charge in [-0.3, -0.25) is 19.7 Å². The van der Waals surface area contributed by atoms with Crippen molar-refractivity contribution in [2.45, 2.75) is 50.2 Å². The lowest BCUT2D eigenvalue weighted by Gasteiger charge is -2.19. The number of rotatable bonds is 17. The first kappa shape index (κ1) is 37.3. The molecule has 0 aliphatic rings. The lowest BCUT2D eigenvalue weighted by Crippen LogP contribution is -2.49. The molecular formula is C40H40N4O7S. The Bertz CT molecular complexity index is 2080. The maximum absolute atomic E-state index is 13.6. The van der Waals surface area contributed by atoms with Crippen LogP contribution in [0.2, 0.25) is 0 Å². The summed E-state index contributed by atoms with van der Waals surface area (Å²) in [6.07, 6.45) is 1.38. The van der Waals surface area contributed by atoms with Gasteiger partial charge in [-0.25, -0.2) is 13.1 Å². The predicted octanol–water partition coefficient (Wildman–Crippen LogP) is 6.30. The van der Waals surface area contributed by atoms with Gasteiger partial charge in [0, 0.05) is 19.0 Å². The maximum Gasteiger partial charge on any atom is 0.293 e. The fourth-order valence-electron chi connectivity index (χ4n) is 5.45. The van der Waals surface area contributed by atoms with Gasteiger partial charge >= 0.3 is 0 Å². The Morgan fingerprint density at radius 3 is 2.08 bits per heavy atom. The summed E-state index contributed by atoms with van der Waals surface area (Å²) in [7, 11) is -4.57. The van der Waals surface area contributed by atoms with E-state index >= 15 is 0 Å². The van der Waals surface area contributed by atoms with Gasteiger partial charge < -0.3 is 15.4 Å². The quantitative estimate of drug-likeness (QED) is 0.0574. The number of ether oxygens (including phenoxy) is 1. The zero-order valence-electron chi connectivity index (χ0n) is 28.7. The molecule has 0 radical (unpaired) electrons. The Labute approximate surface area is 303 Å². The second-order valence-electron chi connectivity index (χ2n) is 12.3. The number of benzene rings is 5. The van der Waals surface area contributed by atoms with Crippen LogP contribution in [0.15, 0.2) is 132 Å². The first-order valence-electron chi connectivity index (χ1n) is 16.8. The van der Waals surface area contributed by atoms with Crippen LogP contribution >= 0.6 is 0 Å². The van der Waals surface area contributed by atoms with Crippen LogP contribution in [0.1, 0.15) is 34.2 Å². The van der Waals surface area contributed by atoms with Gasteiger partial charge in [0.2, 0.25) is 5.91 Å². The second kappa shape index (κ2) is 17.8. The van der Waals surface area contributed by atoms with Crippen LogP contribution in [-0.4, -0.2) is 37.7 Å². The number of carbonyl (C=O) groups is 2. The molecule has 0 heterocycles. The molecule has 0 fully saturated rings. The average Bonchev–Trinajstić information content (AvgIpc) is 3.14. The van der Waals surface area contributed by atoms with Crippen molar-refractivity contribution in [1.82, 2.24) is 10.0 Å². The molecule has 0 spiro atoms. The van der Waals surface area contributed by atoms with E-state index in [1.54, 1.807) is 36.4 Å². The first-order chi connectivity index (χ1) is 25.1. The van der Waals surface area contributed by atoms with Crippen LogP contribution in [0, 0.1) is 17.0 Å². The zero-order valence-corrected chi connectivity index (χ0v) is 29.5. The van der Waals surface area contributed by atoms with Gasteiger partial charge in [-0.05, 0) is 66.3 Å². The van der Waals surface area contributed by atoms with E-state index in [1.807, 2.05) is 84.4 Å². The Morgan fingerprint density at radius 1 is 0.788 bits per heavy atom. The summed E-state index contributed by atoms with van der Waals surface area (Å²) in [4.78, 5) is 37.5. The van der Waals surface area contributed by atoms with Crippen molar-refractivity contribution in [2.75, 3.05) is 11.9 Å². The molecule has 0 aliphatic heterocycles. The summed E-state index contributed by atoms with van der Waals surface area (Å²) in [5.74, 6) is -0.884. The normalized spacial score (nSPS) is 11.6. The van der Waals surface area contributed by atoms with E-state index in [0.717, 1.165) is 34.7 Å². The van der Waals surface area contributed by atoms with Gasteiger partial charge in [0.05, 0.1) is 16.2 Å². The van der Waals surface area contributed by atoms with E-state index in [0.29, 0.717) is 30.9 Å². The maximum atomic E-state index is 13.6. The largest absolute Gasteiger partial charge is 0.489 e. The van der Waals surface area contributed by atoms with Crippen LogP contribution < -0.4 is 20.1 Å². The third-order valence-corrected chi connectivity index (χ3v) is 9.60. The highest BCUT2D eigenvalue weighted by Crippen LogP contribution is 2.28. The number of anilines is 1. The molecule has 268 valence electrons. The molecule has 52 heavy (non-hydrogen) atoms. The lowest BCUT2D eigenvalue weighted by molar-refractivity contribution is -0.384. The number of nitro benzene ring substituents is 1. The van der Waals surface area contributed by atoms with Crippen molar-refractivity contribution in [3.8, 4) is 5.75 Å². The van der Waals surface area contributed by atoms with Crippen LogP contribution in [0.5, 0.6) is 5.75 Å². The standard InChI is InChI=1S/C40H40N4O7S/c1-29-14-16-32(17-15-29)26-39(45)42-37(25-31-18-20-34(21-19-31)51-28-33-11-6-3-7-12-33)40(46)43-52(49,50)35-22-23-36(38(27-35)44(47)48)41-24-8-13-30-9-4-2-5-10-30/h2-7,9-12,14-23,27,37,41H,8,13,24-26,28H2,1H3,(H,42,45)(H,43,46). The van der Waals surface area contributed by atoms with Crippen molar-refractivity contribution in [2.24, 2.45) is 0 Å². The van der Waals surface area contributed by atoms with Gasteiger partial charge in [0.25, 0.3) is 21.6 Å². The summed E-state index contributed by atoms with van der Waals surface area (Å²) in [5.41, 5.74) is 4.21. The molecule has 5 rings (SSSR count). The van der Waals surface area contributed by atoms with E-state index in [9.17, 15) is 28.1 Å². The number of aryl methyl sites for hydroxylation is 2. The van der Waals surface area contributed by atoms with Crippen molar-refractivity contribution in [1.29, 1.82) is 0 Å². The number of carbonyl (C=O) groups excluding carboxylic acids is 2. The van der Waals surface area contributed by atoms with Crippen LogP contribution in [0.4, 0.5) is 11.4 Å². The highest BCUT2D eigenvalue weighted by molar-refractivity contribution is 7.90. The van der Waals surface area contributed by atoms with Gasteiger partial charge in [0.15, 0.2) is 0 Å². The van der Waals surface area contributed by atoms with Gasteiger partial charge in [-0.2, -0.15) is 0 Å². The topological polar surface area (TPSA) is 157 Å². The number of nitrogens with zero attached hydrogens (tertiary/aromatic N) is 1. The molecule has 2 amide bonds. The average molecular weight is 721 g/mol. The third-order valence-electron chi connectivity index (χ3n) is 8.26. The number of nitro groups is 1. The van der Waals surface area contributed by atoms with Gasteiger partial charge in [-0.1, -0.05) is 103 Å². The molecule has 3 N–H and O–H groups in total. The summed E-state index contributed by atoms with van der Waals surface area (Å²) >= 11 is 0. The molecule has 5 aromatic rings. The molecule has 0 saturated carbocycles. The van der Waals surface area contributed by atoms with E-state index in [4.69, 9.17) is 4.74 Å². The summed E-state index contributed by atoms with van der Waals surface area (Å²) < 4.78 is 34.8. The van der Waals surface area contributed by atoms with E-state index in [1.165, 1.54) is 12.1 Å². The number of nitrogens with one attached hydrogen (secondary N) is 3. The molecule has 5 aromatic carbocycles. The minimum Gasteiger partial charge on any atom is -0.489 e. The van der Waals surface area contributed by atoms with E-state index in [-0.39, 0.29) is 18.5 Å². The first-order valence-corrected chi connectivity index (χ1v) is 18.3. The Kier molecular flexibility index (Phi) is 12.7. The SMILES string of the molecule is Cc1ccc(CC(=O)NC(Cc2ccc(OCc3ccccc3)cc2)C(=O)NS(=O)(=O)c2ccc(NCCCc3ccccc3)c([N+](=O)[O-])c2)cc1. The minimum atomic E-state index is -4.57. The molecule has 0 saturated heterocycles. The summed E-state index contributed by atoms with van der Waals surface area (Å²) in [5, 5.41) is 17.6. The van der Waals surface area contributed by atoms with E-state index < -0.39 is 43.4 Å². The summed E-state index contributed by atoms with van der Waals surface area (Å²) in [6.45, 7) is 2.71. The molecule has 1 unspecified atom stereocenters. The molecule has 12 heteroatoms. The molecule has 0 bridgehead atoms. The van der Waals surface area contributed by atoms with Crippen molar-refractivity contribution in [3.05, 3.63) is 165 Å². The predicted molar refractivity (Wildman–Crippen MR) is 199 cm³/mol. The molecule has 0 aliphatic carbocycles. The Balaban J connectivity index is 1.28. The fourth-order valence-corrected chi connectivity index (χ4v) is 6.49. The monoisotopic (exact) mass is 720 g/mol. The number of hydrogen-bond acceptors (Lipinski definition) is 8. The molecule has 11 nitrogen and oxygen atoms in total. The number of amides is 2. The van der Waals surface area contributed by atoms with Gasteiger partial charge in [0.1, 0.15) is 24.1 Å². The number of sulfonamides is 1. The lowest BCUT2D eigenvalue weighted by atomic mass is 10.0. The molecule has 0 aromatic heterocycles. The Morgan fingerprint density at radius 2 is 1.42 bits per heavy atom. The number of hydrogen-bond donors (Lipinski definition) is 3. The highest BCUT2D eigenvalue weighted by atomic mass is 32.2. The third kappa shape index (κ3) is 11.0. The Hall–Kier alpha value is -6.01. The van der Waals surface area contributed by atoms with Gasteiger partial charge in [-0.15, -0.1) is 0 Å². The fraction of sp³-hybridized carbons (Fsp3) is 0.200. The molecular weight excluding hydrogens is 681 g/mol. The summed E-state index contributed by atoms with van der Waals surface area (Å²) in [6, 6.07) is 35.8. The van der Waals surface area contributed by atoms with Crippen molar-refractivity contribution >= 4 is 33.2 Å². The second-order valence-corrected chi connectivity index (χ2v) is 14.0. The van der Waals surface area contributed by atoms with Crippen LogP contribution in [0.25, 0.3) is 0 Å². The smallest absolute Gasteiger partial charge is 0.293 e. The van der Waals surface area contributed by atoms with Crippen molar-refractivity contribution < 1.29 is 27.7 Å². The highest BCUT2D eigenvalue weighted by Gasteiger charge is 2.28. The van der Waals surface area contributed by atoms with Crippen molar-refractivity contribution in [3.63, 3.8) is 0 Å². The van der Waals surface area contributed by atoms with Crippen LogP contribution in [-0.2, 0) is 45.5 Å².